The lowest BCUT2D eigenvalue weighted by Crippen LogP contribution is -2.48. The molecule has 0 aliphatic heterocycles. The van der Waals surface area contributed by atoms with Crippen LogP contribution >= 0.6 is 0 Å². The minimum Gasteiger partial charge on any atom is -0.449 e. The van der Waals surface area contributed by atoms with Crippen LogP contribution in [0.1, 0.15) is 135 Å². The van der Waals surface area contributed by atoms with Gasteiger partial charge in [0.2, 0.25) is 0 Å². The van der Waals surface area contributed by atoms with Gasteiger partial charge in [0, 0.05) is 35.3 Å². The van der Waals surface area contributed by atoms with Crippen molar-refractivity contribution in [2.75, 3.05) is 6.54 Å². The van der Waals surface area contributed by atoms with Gasteiger partial charge in [0.15, 0.2) is 11.3 Å². The molecule has 1 amide bonds. The summed E-state index contributed by atoms with van der Waals surface area (Å²) in [4.78, 5) is 20.7. The van der Waals surface area contributed by atoms with E-state index in [0.29, 0.717) is 17.1 Å². The van der Waals surface area contributed by atoms with E-state index in [2.05, 4.69) is 68.4 Å². The second-order valence-electron chi connectivity index (χ2n) is 12.6. The van der Waals surface area contributed by atoms with Gasteiger partial charge in [-0.05, 0) is 69.3 Å². The van der Waals surface area contributed by atoms with Crippen molar-refractivity contribution in [1.29, 1.82) is 0 Å². The van der Waals surface area contributed by atoms with Crippen LogP contribution in [0.15, 0.2) is 16.5 Å². The highest BCUT2D eigenvalue weighted by molar-refractivity contribution is 5.96. The number of hydrogen-bond donors (Lipinski definition) is 0. The highest BCUT2D eigenvalue weighted by Crippen LogP contribution is 2.43. The zero-order valence-electron chi connectivity index (χ0n) is 22.6. The molecule has 33 heavy (non-hydrogen) atoms. The lowest BCUT2D eigenvalue weighted by molar-refractivity contribution is 0.0497. The maximum absolute atomic E-state index is 13.6. The molecule has 0 saturated heterocycles. The number of nitrogens with zero attached hydrogens (tertiary/aromatic N) is 2. The summed E-state index contributed by atoms with van der Waals surface area (Å²) in [6.07, 6.45) is 7.74. The molecular formula is C29H46N2O2. The SMILES string of the molecule is CCCN(C(=O)c1cc2nc(C3CCC(C)(C)CC3)cc(C(C)(C)C)c2o1)C(C)(C)CCC. The number of rotatable bonds is 7. The van der Waals surface area contributed by atoms with Crippen molar-refractivity contribution in [1.82, 2.24) is 9.88 Å². The molecule has 2 aromatic rings. The van der Waals surface area contributed by atoms with Gasteiger partial charge in [-0.25, -0.2) is 4.98 Å². The Morgan fingerprint density at radius 3 is 2.27 bits per heavy atom. The predicted molar refractivity (Wildman–Crippen MR) is 138 cm³/mol. The minimum absolute atomic E-state index is 0.0193. The first-order chi connectivity index (χ1) is 15.3. The normalized spacial score (nSPS) is 17.5. The van der Waals surface area contributed by atoms with Gasteiger partial charge < -0.3 is 9.32 Å². The first kappa shape index (κ1) is 25.8. The van der Waals surface area contributed by atoms with Gasteiger partial charge >= 0.3 is 0 Å². The number of amides is 1. The van der Waals surface area contributed by atoms with Gasteiger partial charge in [-0.1, -0.05) is 54.9 Å². The molecule has 0 N–H and O–H groups in total. The standard InChI is InChI=1S/C29H46N2O2/c1-10-14-29(8,9)31(17-11-2)26(32)24-19-23-25(33-24)21(27(3,4)5)18-22(30-23)20-12-15-28(6,7)16-13-20/h18-20H,10-17H2,1-9H3. The fraction of sp³-hybridized carbons (Fsp3) is 0.724. The lowest BCUT2D eigenvalue weighted by Gasteiger charge is -2.38. The van der Waals surface area contributed by atoms with Crippen LogP contribution in [0.25, 0.3) is 11.1 Å². The molecule has 0 spiro atoms. The maximum Gasteiger partial charge on any atom is 0.290 e. The van der Waals surface area contributed by atoms with Crippen molar-refractivity contribution in [2.45, 2.75) is 124 Å². The Kier molecular flexibility index (Phi) is 7.36. The second-order valence-corrected chi connectivity index (χ2v) is 12.6. The molecule has 0 unspecified atom stereocenters. The van der Waals surface area contributed by atoms with Gasteiger partial charge in [0.1, 0.15) is 5.52 Å². The number of hydrogen-bond acceptors (Lipinski definition) is 3. The number of furan rings is 1. The third kappa shape index (κ3) is 5.63. The summed E-state index contributed by atoms with van der Waals surface area (Å²) in [7, 11) is 0. The van der Waals surface area contributed by atoms with Crippen LogP contribution in [0, 0.1) is 5.41 Å². The second kappa shape index (κ2) is 9.43. The van der Waals surface area contributed by atoms with E-state index >= 15 is 0 Å². The van der Waals surface area contributed by atoms with Gasteiger partial charge in [-0.3, -0.25) is 4.79 Å². The predicted octanol–water partition coefficient (Wildman–Crippen LogP) is 8.24. The summed E-state index contributed by atoms with van der Waals surface area (Å²) in [5.41, 5.74) is 4.05. The first-order valence-corrected chi connectivity index (χ1v) is 13.1. The van der Waals surface area contributed by atoms with Gasteiger partial charge in [0.25, 0.3) is 5.91 Å². The lowest BCUT2D eigenvalue weighted by atomic mass is 9.72. The average Bonchev–Trinajstić information content (AvgIpc) is 3.14. The smallest absolute Gasteiger partial charge is 0.290 e. The summed E-state index contributed by atoms with van der Waals surface area (Å²) in [6.45, 7) is 20.7. The molecule has 2 heterocycles. The molecule has 1 fully saturated rings. The van der Waals surface area contributed by atoms with Crippen LogP contribution in [0.3, 0.4) is 0 Å². The van der Waals surface area contributed by atoms with E-state index in [9.17, 15) is 4.79 Å². The molecule has 1 saturated carbocycles. The molecule has 184 valence electrons. The summed E-state index contributed by atoms with van der Waals surface area (Å²) < 4.78 is 6.31. The Morgan fingerprint density at radius 1 is 1.09 bits per heavy atom. The van der Waals surface area contributed by atoms with Crippen LogP contribution in [0.4, 0.5) is 0 Å². The van der Waals surface area contributed by atoms with E-state index < -0.39 is 0 Å². The van der Waals surface area contributed by atoms with Crippen LogP contribution in [-0.4, -0.2) is 27.9 Å². The third-order valence-corrected chi connectivity index (χ3v) is 7.56. The largest absolute Gasteiger partial charge is 0.449 e. The Labute approximate surface area is 201 Å². The Hall–Kier alpha value is -1.84. The fourth-order valence-electron chi connectivity index (χ4n) is 5.39. The minimum atomic E-state index is -0.207. The molecule has 1 aliphatic rings. The summed E-state index contributed by atoms with van der Waals surface area (Å²) in [5, 5.41) is 0. The van der Waals surface area contributed by atoms with Crippen molar-refractivity contribution in [3.8, 4) is 0 Å². The number of carbonyl (C=O) groups is 1. The van der Waals surface area contributed by atoms with Crippen molar-refractivity contribution >= 4 is 17.0 Å². The number of aromatic nitrogens is 1. The molecule has 0 radical (unpaired) electrons. The van der Waals surface area contributed by atoms with Gasteiger partial charge in [-0.2, -0.15) is 0 Å². The molecule has 0 atom stereocenters. The quantitative estimate of drug-likeness (QED) is 0.423. The Morgan fingerprint density at radius 2 is 1.73 bits per heavy atom. The monoisotopic (exact) mass is 454 g/mol. The van der Waals surface area contributed by atoms with E-state index in [-0.39, 0.29) is 16.9 Å². The summed E-state index contributed by atoms with van der Waals surface area (Å²) in [6, 6.07) is 4.15. The number of fused-ring (bicyclic) bond motifs is 1. The zero-order valence-corrected chi connectivity index (χ0v) is 22.6. The first-order valence-electron chi connectivity index (χ1n) is 13.1. The van der Waals surface area contributed by atoms with Crippen molar-refractivity contribution in [2.24, 2.45) is 5.41 Å². The van der Waals surface area contributed by atoms with Gasteiger partial charge in [-0.15, -0.1) is 0 Å². The van der Waals surface area contributed by atoms with Crippen molar-refractivity contribution in [3.63, 3.8) is 0 Å². The van der Waals surface area contributed by atoms with Crippen LogP contribution in [0.2, 0.25) is 0 Å². The molecule has 0 bridgehead atoms. The molecular weight excluding hydrogens is 408 g/mol. The zero-order chi connectivity index (χ0) is 24.6. The van der Waals surface area contributed by atoms with Crippen molar-refractivity contribution in [3.05, 3.63) is 29.2 Å². The van der Waals surface area contributed by atoms with Crippen LogP contribution in [0.5, 0.6) is 0 Å². The molecule has 2 aromatic heterocycles. The molecule has 1 aliphatic carbocycles. The van der Waals surface area contributed by atoms with Gasteiger partial charge in [0.05, 0.1) is 0 Å². The molecule has 0 aromatic carbocycles. The van der Waals surface area contributed by atoms with E-state index in [1.165, 1.54) is 31.4 Å². The molecule has 3 rings (SSSR count). The van der Waals surface area contributed by atoms with E-state index in [4.69, 9.17) is 9.40 Å². The third-order valence-electron chi connectivity index (χ3n) is 7.56. The Bertz CT molecular complexity index is 967. The number of pyridine rings is 1. The summed E-state index contributed by atoms with van der Waals surface area (Å²) >= 11 is 0. The van der Waals surface area contributed by atoms with Crippen molar-refractivity contribution < 1.29 is 9.21 Å². The molecule has 4 nitrogen and oxygen atoms in total. The van der Waals surface area contributed by atoms with Crippen LogP contribution in [-0.2, 0) is 5.41 Å². The fourth-order valence-corrected chi connectivity index (χ4v) is 5.39. The Balaban J connectivity index is 2.04. The summed E-state index contributed by atoms with van der Waals surface area (Å²) in [5.74, 6) is 0.884. The van der Waals surface area contributed by atoms with E-state index in [1.54, 1.807) is 0 Å². The topological polar surface area (TPSA) is 46.3 Å². The maximum atomic E-state index is 13.6. The highest BCUT2D eigenvalue weighted by atomic mass is 16.3. The molecule has 4 heteroatoms. The van der Waals surface area contributed by atoms with E-state index in [0.717, 1.165) is 42.5 Å². The van der Waals surface area contributed by atoms with E-state index in [1.807, 2.05) is 11.0 Å². The number of carbonyl (C=O) groups excluding carboxylic acids is 1. The average molecular weight is 455 g/mol. The highest BCUT2D eigenvalue weighted by Gasteiger charge is 2.34. The van der Waals surface area contributed by atoms with Crippen LogP contribution < -0.4 is 0 Å².